The number of halogens is 1. The number of hydrogen-bond donors (Lipinski definition) is 1. The van der Waals surface area contributed by atoms with E-state index >= 15 is 0 Å². The van der Waals surface area contributed by atoms with Crippen molar-refractivity contribution in [2.45, 2.75) is 13.3 Å². The largest absolute Gasteiger partial charge is 0.493 e. The summed E-state index contributed by atoms with van der Waals surface area (Å²) in [5, 5.41) is 3.77. The summed E-state index contributed by atoms with van der Waals surface area (Å²) < 4.78 is 29.7. The highest BCUT2D eigenvalue weighted by Gasteiger charge is 2.13. The topological polar surface area (TPSA) is 82.6 Å². The molecule has 0 radical (unpaired) electrons. The molecule has 0 saturated carbocycles. The molecular formula is C22H20FN3O4. The van der Waals surface area contributed by atoms with Crippen LogP contribution in [0.4, 0.5) is 15.9 Å². The molecule has 0 fully saturated rings. The standard InChI is InChI=1S/C22H20FN3O4/c1-4-14-10-15(6-7-17(14)23)26-22-16-11-20(30-9-8-21(27)29-5-2)19(28-3)12-18(16)24-13-25-22/h1,6-7,10-13H,5,8-9H2,2-3H3,(H,24,25,26). The minimum absolute atomic E-state index is 0.107. The average molecular weight is 409 g/mol. The van der Waals surface area contributed by atoms with Crippen molar-refractivity contribution in [3.8, 4) is 23.8 Å². The Morgan fingerprint density at radius 1 is 1.23 bits per heavy atom. The number of nitrogens with one attached hydrogen (secondary N) is 1. The Labute approximate surface area is 173 Å². The van der Waals surface area contributed by atoms with Crippen molar-refractivity contribution in [1.82, 2.24) is 9.97 Å². The smallest absolute Gasteiger partial charge is 0.309 e. The number of anilines is 2. The molecular weight excluding hydrogens is 389 g/mol. The normalized spacial score (nSPS) is 10.3. The fraction of sp³-hybridized carbons (Fsp3) is 0.227. The molecule has 2 aromatic carbocycles. The molecule has 0 atom stereocenters. The highest BCUT2D eigenvalue weighted by Crippen LogP contribution is 2.35. The maximum absolute atomic E-state index is 13.7. The monoisotopic (exact) mass is 409 g/mol. The van der Waals surface area contributed by atoms with Crippen molar-refractivity contribution < 1.29 is 23.4 Å². The summed E-state index contributed by atoms with van der Waals surface area (Å²) in [7, 11) is 1.51. The van der Waals surface area contributed by atoms with Crippen LogP contribution < -0.4 is 14.8 Å². The third-order valence-corrected chi connectivity index (χ3v) is 4.17. The van der Waals surface area contributed by atoms with Crippen LogP contribution in [-0.2, 0) is 9.53 Å². The van der Waals surface area contributed by atoms with Crippen LogP contribution in [0.15, 0.2) is 36.7 Å². The van der Waals surface area contributed by atoms with E-state index in [9.17, 15) is 9.18 Å². The van der Waals surface area contributed by atoms with Gasteiger partial charge in [0.25, 0.3) is 0 Å². The van der Waals surface area contributed by atoms with Crippen LogP contribution in [0.3, 0.4) is 0 Å². The van der Waals surface area contributed by atoms with E-state index in [0.717, 1.165) is 0 Å². The molecule has 3 rings (SSSR count). The Morgan fingerprint density at radius 3 is 2.80 bits per heavy atom. The summed E-state index contributed by atoms with van der Waals surface area (Å²) in [4.78, 5) is 20.1. The van der Waals surface area contributed by atoms with Crippen LogP contribution >= 0.6 is 0 Å². The molecule has 0 saturated heterocycles. The summed E-state index contributed by atoms with van der Waals surface area (Å²) in [5.41, 5.74) is 1.33. The van der Waals surface area contributed by atoms with Gasteiger partial charge >= 0.3 is 5.97 Å². The first-order valence-corrected chi connectivity index (χ1v) is 9.20. The van der Waals surface area contributed by atoms with E-state index in [1.807, 2.05) is 0 Å². The number of fused-ring (bicyclic) bond motifs is 1. The number of carbonyl (C=O) groups is 1. The van der Waals surface area contributed by atoms with Crippen LogP contribution in [-0.4, -0.2) is 36.3 Å². The molecule has 7 nitrogen and oxygen atoms in total. The lowest BCUT2D eigenvalue weighted by Crippen LogP contribution is -2.10. The Morgan fingerprint density at radius 2 is 2.07 bits per heavy atom. The van der Waals surface area contributed by atoms with Crippen molar-refractivity contribution in [2.75, 3.05) is 25.6 Å². The summed E-state index contributed by atoms with van der Waals surface area (Å²) >= 11 is 0. The molecule has 3 aromatic rings. The summed E-state index contributed by atoms with van der Waals surface area (Å²) in [6.45, 7) is 2.18. The van der Waals surface area contributed by atoms with E-state index in [0.29, 0.717) is 40.5 Å². The number of carbonyl (C=O) groups excluding carboxylic acids is 1. The third-order valence-electron chi connectivity index (χ3n) is 4.17. The van der Waals surface area contributed by atoms with Gasteiger partial charge in [-0.2, -0.15) is 0 Å². The molecule has 1 N–H and O–H groups in total. The molecule has 0 aliphatic heterocycles. The van der Waals surface area contributed by atoms with Crippen LogP contribution in [0.2, 0.25) is 0 Å². The predicted molar refractivity (Wildman–Crippen MR) is 110 cm³/mol. The number of hydrogen-bond acceptors (Lipinski definition) is 7. The lowest BCUT2D eigenvalue weighted by molar-refractivity contribution is -0.143. The summed E-state index contributed by atoms with van der Waals surface area (Å²) in [6, 6.07) is 7.79. The molecule has 154 valence electrons. The third kappa shape index (κ3) is 4.75. The van der Waals surface area contributed by atoms with Gasteiger partial charge in [0.05, 0.1) is 37.8 Å². The van der Waals surface area contributed by atoms with Gasteiger partial charge in [0.15, 0.2) is 11.5 Å². The van der Waals surface area contributed by atoms with Crippen molar-refractivity contribution in [3.63, 3.8) is 0 Å². The molecule has 8 heteroatoms. The molecule has 0 amide bonds. The molecule has 0 bridgehead atoms. The molecule has 1 heterocycles. The minimum atomic E-state index is -0.474. The molecule has 0 aliphatic rings. The maximum atomic E-state index is 13.7. The van der Waals surface area contributed by atoms with E-state index in [4.69, 9.17) is 20.6 Å². The quantitative estimate of drug-likeness (QED) is 0.447. The Bertz CT molecular complexity index is 1110. The van der Waals surface area contributed by atoms with E-state index in [1.54, 1.807) is 25.1 Å². The fourth-order valence-corrected chi connectivity index (χ4v) is 2.76. The predicted octanol–water partition coefficient (Wildman–Crippen LogP) is 3.83. The van der Waals surface area contributed by atoms with Crippen LogP contribution in [0.25, 0.3) is 10.9 Å². The van der Waals surface area contributed by atoms with Crippen molar-refractivity contribution in [1.29, 1.82) is 0 Å². The first-order valence-electron chi connectivity index (χ1n) is 9.20. The first kappa shape index (κ1) is 20.9. The van der Waals surface area contributed by atoms with Gasteiger partial charge in [-0.05, 0) is 31.2 Å². The number of rotatable bonds is 8. The van der Waals surface area contributed by atoms with E-state index in [-0.39, 0.29) is 24.6 Å². The minimum Gasteiger partial charge on any atom is -0.493 e. The average Bonchev–Trinajstić information content (AvgIpc) is 2.75. The van der Waals surface area contributed by atoms with Gasteiger partial charge < -0.3 is 19.5 Å². The van der Waals surface area contributed by atoms with Crippen LogP contribution in [0.5, 0.6) is 11.5 Å². The first-order chi connectivity index (χ1) is 14.5. The number of ether oxygens (including phenoxy) is 3. The zero-order valence-electron chi connectivity index (χ0n) is 16.6. The second kappa shape index (κ2) is 9.56. The molecule has 30 heavy (non-hydrogen) atoms. The van der Waals surface area contributed by atoms with Crippen molar-refractivity contribution >= 4 is 28.4 Å². The second-order valence-corrected chi connectivity index (χ2v) is 6.11. The molecule has 1 aromatic heterocycles. The van der Waals surface area contributed by atoms with Crippen LogP contribution in [0, 0.1) is 18.2 Å². The zero-order valence-corrected chi connectivity index (χ0v) is 16.6. The fourth-order valence-electron chi connectivity index (χ4n) is 2.76. The van der Waals surface area contributed by atoms with Gasteiger partial charge in [0, 0.05) is 17.1 Å². The number of nitrogens with zero attached hydrogens (tertiary/aromatic N) is 2. The number of aromatic nitrogens is 2. The Hall–Kier alpha value is -3.86. The highest BCUT2D eigenvalue weighted by atomic mass is 19.1. The molecule has 0 spiro atoms. The molecule has 0 aliphatic carbocycles. The van der Waals surface area contributed by atoms with E-state index < -0.39 is 5.82 Å². The van der Waals surface area contributed by atoms with E-state index in [2.05, 4.69) is 21.2 Å². The Kier molecular flexibility index (Phi) is 6.65. The Balaban J connectivity index is 1.90. The molecule has 0 unspecified atom stereocenters. The number of terminal acetylenes is 1. The van der Waals surface area contributed by atoms with E-state index in [1.165, 1.54) is 25.6 Å². The number of benzene rings is 2. The van der Waals surface area contributed by atoms with Crippen LogP contribution in [0.1, 0.15) is 18.9 Å². The lowest BCUT2D eigenvalue weighted by atomic mass is 10.1. The maximum Gasteiger partial charge on any atom is 0.309 e. The van der Waals surface area contributed by atoms with Gasteiger partial charge in [-0.15, -0.1) is 6.42 Å². The van der Waals surface area contributed by atoms with Gasteiger partial charge in [-0.25, -0.2) is 14.4 Å². The van der Waals surface area contributed by atoms with Gasteiger partial charge in [0.1, 0.15) is 18.0 Å². The van der Waals surface area contributed by atoms with Gasteiger partial charge in [-0.1, -0.05) is 5.92 Å². The van der Waals surface area contributed by atoms with Crippen molar-refractivity contribution in [3.05, 3.63) is 48.0 Å². The zero-order chi connectivity index (χ0) is 21.5. The number of methoxy groups -OCH3 is 1. The second-order valence-electron chi connectivity index (χ2n) is 6.11. The lowest BCUT2D eigenvalue weighted by Gasteiger charge is -2.14. The van der Waals surface area contributed by atoms with Gasteiger partial charge in [0.2, 0.25) is 0 Å². The highest BCUT2D eigenvalue weighted by molar-refractivity contribution is 5.93. The summed E-state index contributed by atoms with van der Waals surface area (Å²) in [6.07, 6.45) is 6.84. The van der Waals surface area contributed by atoms with Gasteiger partial charge in [-0.3, -0.25) is 4.79 Å². The van der Waals surface area contributed by atoms with Crippen molar-refractivity contribution in [2.24, 2.45) is 0 Å². The number of esters is 1. The summed E-state index contributed by atoms with van der Waals surface area (Å²) in [5.74, 6) is 2.85. The SMILES string of the molecule is C#Cc1cc(Nc2ncnc3cc(OC)c(OCCC(=O)OCC)cc23)ccc1F.